The minimum absolute atomic E-state index is 0.0913. The molecule has 72 valence electrons. The summed E-state index contributed by atoms with van der Waals surface area (Å²) in [5.41, 5.74) is 0.377. The molecule has 0 aliphatic carbocycles. The molecule has 4 nitrogen and oxygen atoms in total. The first-order valence-corrected chi connectivity index (χ1v) is 3.85. The van der Waals surface area contributed by atoms with Crippen LogP contribution in [0.15, 0.2) is 18.2 Å². The van der Waals surface area contributed by atoms with Crippen LogP contribution in [-0.2, 0) is 0 Å². The number of nitrogens with zero attached hydrogens (tertiary/aromatic N) is 1. The van der Waals surface area contributed by atoms with Gasteiger partial charge >= 0.3 is 6.03 Å². The zero-order chi connectivity index (χ0) is 10.6. The zero-order valence-electron chi connectivity index (χ0n) is 7.47. The first-order valence-electron chi connectivity index (χ1n) is 3.85. The first kappa shape index (κ1) is 9.99. The number of benzene rings is 1. The van der Waals surface area contributed by atoms with Gasteiger partial charge in [0.1, 0.15) is 11.9 Å². The molecule has 2 amide bonds. The molecule has 0 bridgehead atoms. The highest BCUT2D eigenvalue weighted by molar-refractivity contribution is 5.90. The van der Waals surface area contributed by atoms with Crippen LogP contribution in [0, 0.1) is 17.1 Å². The molecule has 1 aromatic rings. The summed E-state index contributed by atoms with van der Waals surface area (Å²) in [5, 5.41) is 13.4. The molecule has 0 saturated heterocycles. The highest BCUT2D eigenvalue weighted by Gasteiger charge is 2.05. The minimum atomic E-state index is -0.510. The molecule has 1 rings (SSSR count). The molecule has 0 spiro atoms. The molecule has 14 heavy (non-hydrogen) atoms. The average molecular weight is 193 g/mol. The molecule has 0 unspecified atom stereocenters. The second-order valence-corrected chi connectivity index (χ2v) is 2.51. The molecule has 0 fully saturated rings. The standard InChI is InChI=1S/C9H8FN3O/c1-12-9(14)13-8-3-2-7(10)4-6(8)5-11/h2-4H,1H3,(H2,12,13,14). The Bertz CT molecular complexity index is 398. The van der Waals surface area contributed by atoms with Crippen LogP contribution in [0.5, 0.6) is 0 Å². The van der Waals surface area contributed by atoms with Crippen molar-refractivity contribution >= 4 is 11.7 Å². The predicted octanol–water partition coefficient (Wildman–Crippen LogP) is 1.45. The van der Waals surface area contributed by atoms with E-state index >= 15 is 0 Å². The van der Waals surface area contributed by atoms with Crippen molar-refractivity contribution < 1.29 is 9.18 Å². The van der Waals surface area contributed by atoms with Crippen molar-refractivity contribution in [3.63, 3.8) is 0 Å². The third-order valence-corrected chi connectivity index (χ3v) is 1.58. The van der Waals surface area contributed by atoms with Gasteiger partial charge in [-0.3, -0.25) is 0 Å². The molecule has 0 heterocycles. The fourth-order valence-corrected chi connectivity index (χ4v) is 0.903. The smallest absolute Gasteiger partial charge is 0.319 e. The van der Waals surface area contributed by atoms with Gasteiger partial charge < -0.3 is 10.6 Å². The Labute approximate surface area is 80.3 Å². The molecular formula is C9H8FN3O. The van der Waals surface area contributed by atoms with Gasteiger partial charge in [-0.25, -0.2) is 9.18 Å². The summed E-state index contributed by atoms with van der Waals surface area (Å²) in [4.78, 5) is 10.9. The molecule has 0 saturated carbocycles. The molecular weight excluding hydrogens is 185 g/mol. The van der Waals surface area contributed by atoms with E-state index in [4.69, 9.17) is 5.26 Å². The highest BCUT2D eigenvalue weighted by Crippen LogP contribution is 2.15. The summed E-state index contributed by atoms with van der Waals surface area (Å²) in [5.74, 6) is -0.510. The Morgan fingerprint density at radius 2 is 2.29 bits per heavy atom. The highest BCUT2D eigenvalue weighted by atomic mass is 19.1. The zero-order valence-corrected chi connectivity index (χ0v) is 7.47. The van der Waals surface area contributed by atoms with Gasteiger partial charge in [0, 0.05) is 7.05 Å². The second kappa shape index (κ2) is 4.23. The van der Waals surface area contributed by atoms with E-state index in [0.29, 0.717) is 0 Å². The van der Waals surface area contributed by atoms with Crippen molar-refractivity contribution in [2.45, 2.75) is 0 Å². The lowest BCUT2D eigenvalue weighted by molar-refractivity contribution is 0.254. The van der Waals surface area contributed by atoms with Crippen LogP contribution in [0.1, 0.15) is 5.56 Å². The molecule has 0 aliphatic rings. The van der Waals surface area contributed by atoms with E-state index in [2.05, 4.69) is 10.6 Å². The number of nitrogens with one attached hydrogen (secondary N) is 2. The maximum Gasteiger partial charge on any atom is 0.319 e. The quantitative estimate of drug-likeness (QED) is 0.708. The van der Waals surface area contributed by atoms with Crippen LogP contribution in [0.3, 0.4) is 0 Å². The summed E-state index contributed by atoms with van der Waals surface area (Å²) in [6.45, 7) is 0. The Balaban J connectivity index is 2.98. The summed E-state index contributed by atoms with van der Waals surface area (Å²) >= 11 is 0. The number of hydrogen-bond acceptors (Lipinski definition) is 2. The Morgan fingerprint density at radius 1 is 1.57 bits per heavy atom. The summed E-state index contributed by atoms with van der Waals surface area (Å²) in [6.07, 6.45) is 0. The van der Waals surface area contributed by atoms with Crippen LogP contribution in [-0.4, -0.2) is 13.1 Å². The normalized spacial score (nSPS) is 8.93. The largest absolute Gasteiger partial charge is 0.341 e. The van der Waals surface area contributed by atoms with Gasteiger partial charge in [-0.15, -0.1) is 0 Å². The van der Waals surface area contributed by atoms with Crippen LogP contribution >= 0.6 is 0 Å². The number of urea groups is 1. The number of carbonyl (C=O) groups is 1. The molecule has 0 atom stereocenters. The lowest BCUT2D eigenvalue weighted by atomic mass is 10.2. The molecule has 2 N–H and O–H groups in total. The van der Waals surface area contributed by atoms with E-state index < -0.39 is 11.8 Å². The number of amides is 2. The fourth-order valence-electron chi connectivity index (χ4n) is 0.903. The Hall–Kier alpha value is -2.09. The van der Waals surface area contributed by atoms with Gasteiger partial charge in [0.05, 0.1) is 11.3 Å². The molecule has 1 aromatic carbocycles. The maximum absolute atomic E-state index is 12.7. The van der Waals surface area contributed by atoms with E-state index in [9.17, 15) is 9.18 Å². The van der Waals surface area contributed by atoms with Crippen molar-refractivity contribution in [3.8, 4) is 6.07 Å². The number of rotatable bonds is 1. The van der Waals surface area contributed by atoms with Gasteiger partial charge in [0.2, 0.25) is 0 Å². The lowest BCUT2D eigenvalue weighted by Gasteiger charge is -2.05. The van der Waals surface area contributed by atoms with E-state index in [0.717, 1.165) is 6.07 Å². The predicted molar refractivity (Wildman–Crippen MR) is 49.2 cm³/mol. The maximum atomic E-state index is 12.7. The third kappa shape index (κ3) is 2.20. The van der Waals surface area contributed by atoms with E-state index in [1.54, 1.807) is 6.07 Å². The van der Waals surface area contributed by atoms with E-state index in [1.165, 1.54) is 19.2 Å². The summed E-state index contributed by atoms with van der Waals surface area (Å²) in [6, 6.07) is 4.90. The van der Waals surface area contributed by atoms with Gasteiger partial charge in [-0.1, -0.05) is 0 Å². The van der Waals surface area contributed by atoms with Crippen molar-refractivity contribution in [1.82, 2.24) is 5.32 Å². The molecule has 0 aliphatic heterocycles. The van der Waals surface area contributed by atoms with Crippen LogP contribution in [0.4, 0.5) is 14.9 Å². The van der Waals surface area contributed by atoms with Gasteiger partial charge in [-0.2, -0.15) is 5.26 Å². The number of halogens is 1. The molecule has 5 heteroatoms. The monoisotopic (exact) mass is 193 g/mol. The average Bonchev–Trinajstić information content (AvgIpc) is 2.20. The van der Waals surface area contributed by atoms with Crippen LogP contribution < -0.4 is 10.6 Å². The van der Waals surface area contributed by atoms with Crippen molar-refractivity contribution in [3.05, 3.63) is 29.6 Å². The number of hydrogen-bond donors (Lipinski definition) is 2. The Kier molecular flexibility index (Phi) is 3.02. The second-order valence-electron chi connectivity index (χ2n) is 2.51. The van der Waals surface area contributed by atoms with Crippen LogP contribution in [0.2, 0.25) is 0 Å². The number of carbonyl (C=O) groups excluding carboxylic acids is 1. The van der Waals surface area contributed by atoms with Crippen molar-refractivity contribution in [2.24, 2.45) is 0 Å². The number of nitriles is 1. The van der Waals surface area contributed by atoms with Gasteiger partial charge in [0.25, 0.3) is 0 Å². The minimum Gasteiger partial charge on any atom is -0.341 e. The van der Waals surface area contributed by atoms with Crippen LogP contribution in [0.25, 0.3) is 0 Å². The third-order valence-electron chi connectivity index (χ3n) is 1.58. The Morgan fingerprint density at radius 3 is 2.86 bits per heavy atom. The van der Waals surface area contributed by atoms with E-state index in [-0.39, 0.29) is 11.3 Å². The fraction of sp³-hybridized carbons (Fsp3) is 0.111. The van der Waals surface area contributed by atoms with Crippen molar-refractivity contribution in [2.75, 3.05) is 12.4 Å². The van der Waals surface area contributed by atoms with Gasteiger partial charge in [-0.05, 0) is 18.2 Å². The topological polar surface area (TPSA) is 64.9 Å². The van der Waals surface area contributed by atoms with E-state index in [1.807, 2.05) is 0 Å². The SMILES string of the molecule is CNC(=O)Nc1ccc(F)cc1C#N. The lowest BCUT2D eigenvalue weighted by Crippen LogP contribution is -2.24. The van der Waals surface area contributed by atoms with Crippen molar-refractivity contribution in [1.29, 1.82) is 5.26 Å². The van der Waals surface area contributed by atoms with Gasteiger partial charge in [0.15, 0.2) is 0 Å². The summed E-state index contributed by atoms with van der Waals surface area (Å²) < 4.78 is 12.7. The molecule has 0 radical (unpaired) electrons. The summed E-state index contributed by atoms with van der Waals surface area (Å²) in [7, 11) is 1.45. The number of anilines is 1. The molecule has 0 aromatic heterocycles. The first-order chi connectivity index (χ1) is 6.67.